The highest BCUT2D eigenvalue weighted by Gasteiger charge is 2.69. The number of primary amides is 1. The van der Waals surface area contributed by atoms with Crippen molar-refractivity contribution in [3.05, 3.63) is 12.0 Å². The van der Waals surface area contributed by atoms with Crippen LogP contribution in [0.4, 0.5) is 0 Å². The number of carbonyl (C=O) groups excluding carboxylic acids is 5. The van der Waals surface area contributed by atoms with E-state index >= 15 is 0 Å². The van der Waals surface area contributed by atoms with Gasteiger partial charge in [0.25, 0.3) is 5.91 Å². The first-order valence-corrected chi connectivity index (χ1v) is 15.7. The number of carbonyl (C=O) groups is 5. The van der Waals surface area contributed by atoms with Crippen molar-refractivity contribution in [2.24, 2.45) is 46.2 Å². The van der Waals surface area contributed by atoms with E-state index < -0.39 is 45.5 Å². The number of piperidine rings is 1. The molecule has 11 heteroatoms. The number of likely N-dealkylation sites (tertiary alicyclic amines) is 1. The predicted octanol–water partition coefficient (Wildman–Crippen LogP) is 2.36. The molecule has 2 saturated carbocycles. The zero-order valence-corrected chi connectivity index (χ0v) is 25.2. The molecule has 3 N–H and O–H groups in total. The molecule has 10 nitrogen and oxygen atoms in total. The summed E-state index contributed by atoms with van der Waals surface area (Å²) in [5.74, 6) is -4.36. The minimum Gasteiger partial charge on any atom is -0.363 e. The van der Waals surface area contributed by atoms with Crippen LogP contribution >= 0.6 is 0 Å². The van der Waals surface area contributed by atoms with Gasteiger partial charge in [-0.15, -0.1) is 0 Å². The lowest BCUT2D eigenvalue weighted by Gasteiger charge is -2.34. The fraction of sp³-hybridized carbons (Fsp3) is 0.759. The summed E-state index contributed by atoms with van der Waals surface area (Å²) < 4.78 is 26.5. The Balaban J connectivity index is 1.85. The number of Topliss-reactive ketones (excluding diaryl/α,β-unsaturated/α-hetero) is 3. The molecule has 2 unspecified atom stereocenters. The molecular weight excluding hydrogens is 534 g/mol. The number of nitrogens with two attached hydrogens (primary N) is 1. The van der Waals surface area contributed by atoms with Gasteiger partial charge in [-0.25, -0.2) is 13.1 Å². The van der Waals surface area contributed by atoms with Crippen molar-refractivity contribution in [3.8, 4) is 0 Å². The smallest absolute Gasteiger partial charge is 0.285 e. The maximum absolute atomic E-state index is 13.9. The number of rotatable bonds is 15. The zero-order valence-electron chi connectivity index (χ0n) is 24.4. The molecule has 40 heavy (non-hydrogen) atoms. The Morgan fingerprint density at radius 2 is 1.73 bits per heavy atom. The summed E-state index contributed by atoms with van der Waals surface area (Å²) in [7, 11) is -3.85. The standard InChI is InChI=1S/C29H45N3O7S/c1-7-40(38,39)31-15-19(12-20(33)14-28(2,3)4)27(37)32-16-21-23(29(21,5)6)24(32)22(34)13-18(25(35)26(30)36)11-17-9-8-10-17/h7,17-19,21,23-24,31H,1,8-16H2,2-6H3,(H2,30,36)/t18?,19-,21?,23-,24+/m0/s1. The summed E-state index contributed by atoms with van der Waals surface area (Å²) in [5, 5.41) is 0.739. The molecule has 3 fully saturated rings. The maximum Gasteiger partial charge on any atom is 0.285 e. The van der Waals surface area contributed by atoms with Crippen LogP contribution in [-0.4, -0.2) is 61.6 Å². The van der Waals surface area contributed by atoms with Crippen molar-refractivity contribution in [2.45, 2.75) is 85.6 Å². The van der Waals surface area contributed by atoms with Gasteiger partial charge in [0.15, 0.2) is 5.78 Å². The highest BCUT2D eigenvalue weighted by molar-refractivity contribution is 7.92. The van der Waals surface area contributed by atoms with E-state index in [9.17, 15) is 32.4 Å². The first-order valence-electron chi connectivity index (χ1n) is 14.2. The number of nitrogens with one attached hydrogen (secondary N) is 1. The Hall–Kier alpha value is -2.40. The van der Waals surface area contributed by atoms with Gasteiger partial charge in [-0.2, -0.15) is 0 Å². The van der Waals surface area contributed by atoms with Crippen LogP contribution in [0.15, 0.2) is 12.0 Å². The minimum atomic E-state index is -3.85. The second kappa shape index (κ2) is 11.8. The van der Waals surface area contributed by atoms with Crippen molar-refractivity contribution >= 4 is 39.2 Å². The predicted molar refractivity (Wildman–Crippen MR) is 150 cm³/mol. The molecule has 2 amide bonds. The molecule has 2 aliphatic carbocycles. The van der Waals surface area contributed by atoms with Gasteiger partial charge < -0.3 is 10.6 Å². The third kappa shape index (κ3) is 7.46. The Morgan fingerprint density at radius 3 is 2.23 bits per heavy atom. The monoisotopic (exact) mass is 579 g/mol. The van der Waals surface area contributed by atoms with Crippen LogP contribution in [0.25, 0.3) is 0 Å². The van der Waals surface area contributed by atoms with E-state index in [0.29, 0.717) is 13.0 Å². The Labute approximate surface area is 237 Å². The first-order chi connectivity index (χ1) is 18.4. The van der Waals surface area contributed by atoms with Crippen LogP contribution in [0.2, 0.25) is 0 Å². The van der Waals surface area contributed by atoms with Crippen LogP contribution in [0.1, 0.15) is 79.6 Å². The fourth-order valence-corrected chi connectivity index (χ4v) is 7.11. The molecule has 1 heterocycles. The average molecular weight is 580 g/mol. The Bertz CT molecular complexity index is 1170. The summed E-state index contributed by atoms with van der Waals surface area (Å²) in [4.78, 5) is 66.5. The summed E-state index contributed by atoms with van der Waals surface area (Å²) in [6.45, 7) is 13.1. The summed E-state index contributed by atoms with van der Waals surface area (Å²) >= 11 is 0. The minimum absolute atomic E-state index is 0.0677. The third-order valence-electron chi connectivity index (χ3n) is 9.03. The molecule has 5 atom stereocenters. The van der Waals surface area contributed by atoms with Gasteiger partial charge in [0, 0.05) is 43.7 Å². The SMILES string of the molecule is C=CS(=O)(=O)NC[C@H](CC(=O)CC(C)(C)C)C(=O)N1CC2[C@@H]([C@H]1C(=O)CC(CC1CCC1)C(=O)C(N)=O)C2(C)C. The van der Waals surface area contributed by atoms with E-state index in [-0.39, 0.29) is 66.0 Å². The second-order valence-corrected chi connectivity index (χ2v) is 15.5. The summed E-state index contributed by atoms with van der Waals surface area (Å²) in [6.07, 6.45) is 3.20. The van der Waals surface area contributed by atoms with Crippen molar-refractivity contribution in [1.82, 2.24) is 9.62 Å². The molecule has 224 valence electrons. The molecule has 0 spiro atoms. The summed E-state index contributed by atoms with van der Waals surface area (Å²) in [6, 6.07) is -0.812. The topological polar surface area (TPSA) is 161 Å². The first kappa shape index (κ1) is 32.1. The van der Waals surface area contributed by atoms with Gasteiger partial charge in [-0.1, -0.05) is 60.5 Å². The number of fused-ring (bicyclic) bond motifs is 1. The molecule has 0 aromatic heterocycles. The van der Waals surface area contributed by atoms with Crippen LogP contribution < -0.4 is 10.5 Å². The van der Waals surface area contributed by atoms with Crippen molar-refractivity contribution in [3.63, 3.8) is 0 Å². The van der Waals surface area contributed by atoms with E-state index in [0.717, 1.165) is 24.7 Å². The summed E-state index contributed by atoms with van der Waals surface area (Å²) in [5.41, 5.74) is 4.81. The van der Waals surface area contributed by atoms with Gasteiger partial charge in [-0.05, 0) is 35.0 Å². The maximum atomic E-state index is 13.9. The third-order valence-corrected chi connectivity index (χ3v) is 10.0. The number of ketones is 3. The van der Waals surface area contributed by atoms with E-state index in [1.165, 1.54) is 4.90 Å². The largest absolute Gasteiger partial charge is 0.363 e. The highest BCUT2D eigenvalue weighted by Crippen LogP contribution is 2.65. The van der Waals surface area contributed by atoms with Gasteiger partial charge in [0.2, 0.25) is 21.7 Å². The molecule has 1 saturated heterocycles. The Morgan fingerprint density at radius 1 is 1.10 bits per heavy atom. The molecule has 0 radical (unpaired) electrons. The van der Waals surface area contributed by atoms with E-state index in [4.69, 9.17) is 5.73 Å². The lowest BCUT2D eigenvalue weighted by Crippen LogP contribution is -2.50. The average Bonchev–Trinajstić information content (AvgIpc) is 3.14. The number of hydrogen-bond acceptors (Lipinski definition) is 7. The lowest BCUT2D eigenvalue weighted by molar-refractivity contribution is -0.145. The van der Waals surface area contributed by atoms with Crippen LogP contribution in [0.3, 0.4) is 0 Å². The quantitative estimate of drug-likeness (QED) is 0.282. The molecule has 3 rings (SSSR count). The lowest BCUT2D eigenvalue weighted by atomic mass is 9.76. The van der Waals surface area contributed by atoms with Gasteiger partial charge in [0.1, 0.15) is 5.78 Å². The molecule has 0 aromatic carbocycles. The van der Waals surface area contributed by atoms with Gasteiger partial charge >= 0.3 is 0 Å². The molecular formula is C29H45N3O7S. The Kier molecular flexibility index (Phi) is 9.50. The number of amides is 2. The highest BCUT2D eigenvalue weighted by atomic mass is 32.2. The van der Waals surface area contributed by atoms with Crippen LogP contribution in [0.5, 0.6) is 0 Å². The number of hydrogen-bond donors (Lipinski definition) is 2. The van der Waals surface area contributed by atoms with E-state index in [2.05, 4.69) is 11.3 Å². The molecule has 3 aliphatic rings. The van der Waals surface area contributed by atoms with Gasteiger partial charge in [-0.3, -0.25) is 24.0 Å². The van der Waals surface area contributed by atoms with Crippen molar-refractivity contribution in [1.29, 1.82) is 0 Å². The zero-order chi connectivity index (χ0) is 30.2. The van der Waals surface area contributed by atoms with E-state index in [1.807, 2.05) is 34.6 Å². The van der Waals surface area contributed by atoms with Gasteiger partial charge in [0.05, 0.1) is 12.0 Å². The van der Waals surface area contributed by atoms with Crippen LogP contribution in [0, 0.1) is 40.4 Å². The van der Waals surface area contributed by atoms with Crippen LogP contribution in [-0.2, 0) is 34.0 Å². The molecule has 0 bridgehead atoms. The number of nitrogens with zero attached hydrogens (tertiary/aromatic N) is 1. The van der Waals surface area contributed by atoms with Crippen molar-refractivity contribution in [2.75, 3.05) is 13.1 Å². The number of sulfonamides is 1. The normalized spacial score (nSPS) is 25.3. The van der Waals surface area contributed by atoms with E-state index in [1.54, 1.807) is 0 Å². The molecule has 0 aromatic rings. The molecule has 1 aliphatic heterocycles. The second-order valence-electron chi connectivity index (χ2n) is 13.8. The van der Waals surface area contributed by atoms with Crippen molar-refractivity contribution < 1.29 is 32.4 Å². The fourth-order valence-electron chi connectivity index (χ4n) is 6.56.